The van der Waals surface area contributed by atoms with Gasteiger partial charge in [0.25, 0.3) is 0 Å². The number of ether oxygens (including phenoxy) is 1. The normalized spacial score (nSPS) is 11.4. The first kappa shape index (κ1) is 14.8. The van der Waals surface area contributed by atoms with Gasteiger partial charge in [0.2, 0.25) is 5.78 Å². The molecule has 3 rings (SSSR count). The lowest BCUT2D eigenvalue weighted by molar-refractivity contribution is -0.135. The van der Waals surface area contributed by atoms with Gasteiger partial charge < -0.3 is 9.72 Å². The molecule has 23 heavy (non-hydrogen) atoms. The molecule has 4 heteroatoms. The van der Waals surface area contributed by atoms with Crippen molar-refractivity contribution in [2.45, 2.75) is 0 Å². The number of carbonyl (C=O) groups excluding carboxylic acids is 2. The summed E-state index contributed by atoms with van der Waals surface area (Å²) in [4.78, 5) is 27.8. The summed E-state index contributed by atoms with van der Waals surface area (Å²) in [6.07, 6.45) is 1.54. The SMILES string of the molecule is COC(=O)/C(=C\c1ccccc1)C(=O)c1cc2ccccc2[nH]1. The molecule has 2 aromatic carbocycles. The van der Waals surface area contributed by atoms with Gasteiger partial charge in [-0.2, -0.15) is 0 Å². The molecule has 0 atom stereocenters. The first-order valence-electron chi connectivity index (χ1n) is 7.16. The van der Waals surface area contributed by atoms with Crippen LogP contribution in [0.1, 0.15) is 16.1 Å². The largest absolute Gasteiger partial charge is 0.465 e. The van der Waals surface area contributed by atoms with Gasteiger partial charge in [-0.05, 0) is 23.8 Å². The molecule has 0 saturated heterocycles. The van der Waals surface area contributed by atoms with Gasteiger partial charge in [-0.3, -0.25) is 4.79 Å². The number of nitrogens with one attached hydrogen (secondary N) is 1. The summed E-state index contributed by atoms with van der Waals surface area (Å²) in [5.74, 6) is -1.05. The first-order chi connectivity index (χ1) is 11.2. The van der Waals surface area contributed by atoms with Crippen LogP contribution in [0.4, 0.5) is 0 Å². The van der Waals surface area contributed by atoms with Gasteiger partial charge in [0.1, 0.15) is 5.57 Å². The summed E-state index contributed by atoms with van der Waals surface area (Å²) in [6.45, 7) is 0. The predicted octanol–water partition coefficient (Wildman–Crippen LogP) is 3.61. The van der Waals surface area contributed by atoms with Crippen LogP contribution in [0.3, 0.4) is 0 Å². The monoisotopic (exact) mass is 305 g/mol. The van der Waals surface area contributed by atoms with Crippen molar-refractivity contribution in [3.8, 4) is 0 Å². The lowest BCUT2D eigenvalue weighted by Gasteiger charge is -2.04. The lowest BCUT2D eigenvalue weighted by atomic mass is 10.0. The molecule has 4 nitrogen and oxygen atoms in total. The Morgan fingerprint density at radius 3 is 2.39 bits per heavy atom. The second-order valence-corrected chi connectivity index (χ2v) is 5.06. The van der Waals surface area contributed by atoms with Crippen molar-refractivity contribution in [2.75, 3.05) is 7.11 Å². The zero-order chi connectivity index (χ0) is 16.2. The van der Waals surface area contributed by atoms with Crippen LogP contribution in [0.15, 0.2) is 66.2 Å². The van der Waals surface area contributed by atoms with Gasteiger partial charge in [-0.1, -0.05) is 48.5 Å². The molecule has 0 aliphatic rings. The number of aromatic amines is 1. The molecule has 0 radical (unpaired) electrons. The van der Waals surface area contributed by atoms with Gasteiger partial charge in [-0.25, -0.2) is 4.79 Å². The van der Waals surface area contributed by atoms with E-state index >= 15 is 0 Å². The van der Waals surface area contributed by atoms with E-state index in [1.165, 1.54) is 7.11 Å². The topological polar surface area (TPSA) is 59.2 Å². The Morgan fingerprint density at radius 2 is 1.70 bits per heavy atom. The van der Waals surface area contributed by atoms with Gasteiger partial charge in [-0.15, -0.1) is 0 Å². The van der Waals surface area contributed by atoms with Gasteiger partial charge >= 0.3 is 5.97 Å². The Morgan fingerprint density at radius 1 is 1.00 bits per heavy atom. The Hall–Kier alpha value is -3.14. The second kappa shape index (κ2) is 6.32. The molecule has 0 amide bonds. The summed E-state index contributed by atoms with van der Waals surface area (Å²) in [7, 11) is 1.26. The van der Waals surface area contributed by atoms with E-state index in [1.54, 1.807) is 12.1 Å². The third-order valence-corrected chi connectivity index (χ3v) is 3.54. The van der Waals surface area contributed by atoms with Crippen molar-refractivity contribution in [2.24, 2.45) is 0 Å². The van der Waals surface area contributed by atoms with Crippen LogP contribution in [-0.4, -0.2) is 23.8 Å². The van der Waals surface area contributed by atoms with Crippen LogP contribution in [0.2, 0.25) is 0 Å². The third-order valence-electron chi connectivity index (χ3n) is 3.54. The fourth-order valence-corrected chi connectivity index (χ4v) is 2.38. The van der Waals surface area contributed by atoms with Crippen molar-refractivity contribution < 1.29 is 14.3 Å². The van der Waals surface area contributed by atoms with E-state index < -0.39 is 11.8 Å². The average molecular weight is 305 g/mol. The number of carbonyl (C=O) groups is 2. The van der Waals surface area contributed by atoms with Gasteiger partial charge in [0.15, 0.2) is 0 Å². The first-order valence-corrected chi connectivity index (χ1v) is 7.16. The van der Waals surface area contributed by atoms with E-state index in [4.69, 9.17) is 4.74 Å². The maximum atomic E-state index is 12.7. The van der Waals surface area contributed by atoms with E-state index in [0.717, 1.165) is 16.5 Å². The number of fused-ring (bicyclic) bond motifs is 1. The van der Waals surface area contributed by atoms with Gasteiger partial charge in [0, 0.05) is 10.9 Å². The molecule has 0 unspecified atom stereocenters. The number of esters is 1. The highest BCUT2D eigenvalue weighted by Crippen LogP contribution is 2.19. The molecule has 0 aliphatic carbocycles. The number of hydrogen-bond donors (Lipinski definition) is 1. The molecule has 1 aromatic heterocycles. The Kier molecular flexibility index (Phi) is 4.06. The van der Waals surface area contributed by atoms with E-state index in [1.807, 2.05) is 54.6 Å². The predicted molar refractivity (Wildman–Crippen MR) is 89.1 cm³/mol. The van der Waals surface area contributed by atoms with Crippen LogP contribution in [-0.2, 0) is 9.53 Å². The highest BCUT2D eigenvalue weighted by molar-refractivity contribution is 6.27. The number of Topliss-reactive ketones (excluding diaryl/α,β-unsaturated/α-hetero) is 1. The van der Waals surface area contributed by atoms with E-state index in [2.05, 4.69) is 4.98 Å². The Balaban J connectivity index is 2.04. The number of ketones is 1. The minimum Gasteiger partial charge on any atom is -0.465 e. The number of benzene rings is 2. The summed E-state index contributed by atoms with van der Waals surface area (Å²) < 4.78 is 4.76. The van der Waals surface area contributed by atoms with Crippen LogP contribution >= 0.6 is 0 Å². The highest BCUT2D eigenvalue weighted by atomic mass is 16.5. The number of aromatic nitrogens is 1. The number of methoxy groups -OCH3 is 1. The molecule has 3 aromatic rings. The fourth-order valence-electron chi connectivity index (χ4n) is 2.38. The quantitative estimate of drug-likeness (QED) is 0.263. The summed E-state index contributed by atoms with van der Waals surface area (Å²) in [6, 6.07) is 18.5. The lowest BCUT2D eigenvalue weighted by Crippen LogP contribution is -2.15. The molecule has 1 N–H and O–H groups in total. The number of H-pyrrole nitrogens is 1. The van der Waals surface area contributed by atoms with Crippen LogP contribution in [0, 0.1) is 0 Å². The zero-order valence-electron chi connectivity index (χ0n) is 12.6. The molecular weight excluding hydrogens is 290 g/mol. The smallest absolute Gasteiger partial charge is 0.341 e. The summed E-state index contributed by atoms with van der Waals surface area (Å²) in [5.41, 5.74) is 1.96. The Labute approximate surface area is 133 Å². The molecule has 114 valence electrons. The minimum absolute atomic E-state index is 0.00902. The van der Waals surface area contributed by atoms with Crippen molar-refractivity contribution in [1.29, 1.82) is 0 Å². The molecule has 0 spiro atoms. The fraction of sp³-hybridized carbons (Fsp3) is 0.0526. The van der Waals surface area contributed by atoms with Crippen molar-refractivity contribution >= 4 is 28.7 Å². The molecule has 1 heterocycles. The maximum absolute atomic E-state index is 12.7. The molecular formula is C19H15NO3. The zero-order valence-corrected chi connectivity index (χ0v) is 12.6. The van der Waals surface area contributed by atoms with E-state index in [0.29, 0.717) is 5.69 Å². The van der Waals surface area contributed by atoms with Crippen molar-refractivity contribution in [3.63, 3.8) is 0 Å². The molecule has 0 aliphatic heterocycles. The van der Waals surface area contributed by atoms with E-state index in [-0.39, 0.29) is 5.57 Å². The number of hydrogen-bond acceptors (Lipinski definition) is 3. The van der Waals surface area contributed by atoms with Crippen LogP contribution < -0.4 is 0 Å². The summed E-state index contributed by atoms with van der Waals surface area (Å²) in [5, 5.41) is 0.916. The highest BCUT2D eigenvalue weighted by Gasteiger charge is 2.22. The van der Waals surface area contributed by atoms with Crippen molar-refractivity contribution in [3.05, 3.63) is 77.5 Å². The molecule has 0 fully saturated rings. The molecule has 0 bridgehead atoms. The summed E-state index contributed by atoms with van der Waals surface area (Å²) >= 11 is 0. The molecule has 0 saturated carbocycles. The average Bonchev–Trinajstić information content (AvgIpc) is 3.03. The van der Waals surface area contributed by atoms with Gasteiger partial charge in [0.05, 0.1) is 12.8 Å². The Bertz CT molecular complexity index is 858. The second-order valence-electron chi connectivity index (χ2n) is 5.06. The van der Waals surface area contributed by atoms with Crippen LogP contribution in [0.5, 0.6) is 0 Å². The van der Waals surface area contributed by atoms with Crippen LogP contribution in [0.25, 0.3) is 17.0 Å². The standard InChI is InChI=1S/C19H15NO3/c1-23-19(22)15(11-13-7-3-2-4-8-13)18(21)17-12-14-9-5-6-10-16(14)20-17/h2-12,20H,1H3/b15-11-. The number of para-hydroxylation sites is 1. The van der Waals surface area contributed by atoms with Crippen molar-refractivity contribution in [1.82, 2.24) is 4.98 Å². The maximum Gasteiger partial charge on any atom is 0.341 e. The minimum atomic E-state index is -0.655. The van der Waals surface area contributed by atoms with E-state index in [9.17, 15) is 9.59 Å². The number of rotatable bonds is 4. The third kappa shape index (κ3) is 3.06.